The number of carbonyl (C=O) groups excluding carboxylic acids is 1. The highest BCUT2D eigenvalue weighted by Crippen LogP contribution is 2.30. The predicted molar refractivity (Wildman–Crippen MR) is 92.1 cm³/mol. The Hall–Kier alpha value is -2.26. The molecule has 0 saturated carbocycles. The van der Waals surface area contributed by atoms with Gasteiger partial charge >= 0.3 is 0 Å². The summed E-state index contributed by atoms with van der Waals surface area (Å²) in [5, 5.41) is 8.08. The molecule has 1 aromatic carbocycles. The van der Waals surface area contributed by atoms with Gasteiger partial charge in [-0.2, -0.15) is 0 Å². The number of likely N-dealkylation sites (tertiary alicyclic amines) is 1. The summed E-state index contributed by atoms with van der Waals surface area (Å²) in [6.07, 6.45) is 3.83. The van der Waals surface area contributed by atoms with Crippen LogP contribution in [0.5, 0.6) is 0 Å². The van der Waals surface area contributed by atoms with Crippen molar-refractivity contribution in [3.05, 3.63) is 41.7 Å². The van der Waals surface area contributed by atoms with Crippen LogP contribution in [-0.2, 0) is 32.4 Å². The van der Waals surface area contributed by atoms with Gasteiger partial charge in [-0.1, -0.05) is 17.3 Å². The summed E-state index contributed by atoms with van der Waals surface area (Å²) in [7, 11) is -3.23. The molecule has 138 valence electrons. The lowest BCUT2D eigenvalue weighted by molar-refractivity contribution is -0.138. The van der Waals surface area contributed by atoms with Crippen molar-refractivity contribution in [2.75, 3.05) is 19.3 Å². The number of amides is 1. The van der Waals surface area contributed by atoms with E-state index in [0.29, 0.717) is 19.7 Å². The molecule has 9 heteroatoms. The minimum atomic E-state index is -3.23. The summed E-state index contributed by atoms with van der Waals surface area (Å²) in [5.41, 5.74) is 1.77. The molecule has 2 unspecified atom stereocenters. The molecule has 2 aromatic rings. The SMILES string of the molecule is CS(=O)(=O)c1ccc(CC(=O)N2CCC3C(C2)OCc2cnnn23)cc1. The fraction of sp³-hybridized carbons (Fsp3) is 0.471. The number of sulfone groups is 1. The number of piperidine rings is 1. The van der Waals surface area contributed by atoms with Gasteiger partial charge in [-0.15, -0.1) is 5.10 Å². The predicted octanol–water partition coefficient (Wildman–Crippen LogP) is 0.596. The van der Waals surface area contributed by atoms with Crippen molar-refractivity contribution in [3.8, 4) is 0 Å². The van der Waals surface area contributed by atoms with Gasteiger partial charge in [0.25, 0.3) is 0 Å². The molecule has 1 saturated heterocycles. The molecule has 1 fully saturated rings. The van der Waals surface area contributed by atoms with E-state index >= 15 is 0 Å². The molecule has 2 aliphatic heterocycles. The van der Waals surface area contributed by atoms with Crippen molar-refractivity contribution in [2.24, 2.45) is 0 Å². The Labute approximate surface area is 151 Å². The quantitative estimate of drug-likeness (QED) is 0.778. The Balaban J connectivity index is 1.41. The molecule has 1 aromatic heterocycles. The largest absolute Gasteiger partial charge is 0.368 e. The van der Waals surface area contributed by atoms with Crippen molar-refractivity contribution in [1.29, 1.82) is 0 Å². The number of ether oxygens (including phenoxy) is 1. The molecule has 3 heterocycles. The maximum atomic E-state index is 12.6. The van der Waals surface area contributed by atoms with Crippen LogP contribution in [0, 0.1) is 0 Å². The van der Waals surface area contributed by atoms with E-state index < -0.39 is 9.84 Å². The van der Waals surface area contributed by atoms with Crippen LogP contribution in [0.1, 0.15) is 23.7 Å². The lowest BCUT2D eigenvalue weighted by Crippen LogP contribution is -2.50. The number of rotatable bonds is 3. The van der Waals surface area contributed by atoms with Crippen molar-refractivity contribution in [1.82, 2.24) is 19.9 Å². The number of fused-ring (bicyclic) bond motifs is 3. The topological polar surface area (TPSA) is 94.4 Å². The number of benzene rings is 1. The number of nitrogens with zero attached hydrogens (tertiary/aromatic N) is 4. The van der Waals surface area contributed by atoms with Crippen LogP contribution in [-0.4, -0.2) is 59.7 Å². The van der Waals surface area contributed by atoms with Gasteiger partial charge in [0.05, 0.1) is 42.0 Å². The average Bonchev–Trinajstić information content (AvgIpc) is 3.10. The molecule has 0 bridgehead atoms. The third kappa shape index (κ3) is 3.24. The Morgan fingerprint density at radius 2 is 2.08 bits per heavy atom. The van der Waals surface area contributed by atoms with Crippen LogP contribution in [0.3, 0.4) is 0 Å². The van der Waals surface area contributed by atoms with Crippen molar-refractivity contribution in [3.63, 3.8) is 0 Å². The molecule has 2 atom stereocenters. The molecule has 26 heavy (non-hydrogen) atoms. The van der Waals surface area contributed by atoms with Gasteiger partial charge < -0.3 is 9.64 Å². The normalized spacial score (nSPS) is 22.6. The third-order valence-corrected chi connectivity index (χ3v) is 6.12. The Morgan fingerprint density at radius 3 is 2.81 bits per heavy atom. The summed E-state index contributed by atoms with van der Waals surface area (Å²) in [6.45, 7) is 1.64. The van der Waals surface area contributed by atoms with Gasteiger partial charge in [0, 0.05) is 19.3 Å². The summed E-state index contributed by atoms with van der Waals surface area (Å²) < 4.78 is 30.8. The molecule has 2 aliphatic rings. The summed E-state index contributed by atoms with van der Waals surface area (Å²) in [5.74, 6) is 0.0172. The molecule has 0 spiro atoms. The monoisotopic (exact) mass is 376 g/mol. The lowest BCUT2D eigenvalue weighted by Gasteiger charge is -2.41. The zero-order valence-electron chi connectivity index (χ0n) is 14.4. The van der Waals surface area contributed by atoms with E-state index in [1.165, 1.54) is 6.26 Å². The third-order valence-electron chi connectivity index (χ3n) is 4.99. The van der Waals surface area contributed by atoms with E-state index in [2.05, 4.69) is 10.3 Å². The van der Waals surface area contributed by atoms with Crippen LogP contribution in [0.2, 0.25) is 0 Å². The molecule has 8 nitrogen and oxygen atoms in total. The second kappa shape index (κ2) is 6.48. The lowest BCUT2D eigenvalue weighted by atomic mass is 9.99. The number of aromatic nitrogens is 3. The zero-order valence-corrected chi connectivity index (χ0v) is 15.2. The van der Waals surface area contributed by atoms with Gasteiger partial charge in [0.1, 0.15) is 0 Å². The van der Waals surface area contributed by atoms with Crippen LogP contribution in [0.4, 0.5) is 0 Å². The first-order valence-corrected chi connectivity index (χ1v) is 10.4. The fourth-order valence-corrected chi connectivity index (χ4v) is 4.19. The van der Waals surface area contributed by atoms with Gasteiger partial charge in [0.15, 0.2) is 9.84 Å². The van der Waals surface area contributed by atoms with E-state index in [9.17, 15) is 13.2 Å². The molecular weight excluding hydrogens is 356 g/mol. The highest BCUT2D eigenvalue weighted by molar-refractivity contribution is 7.90. The summed E-state index contributed by atoms with van der Waals surface area (Å²) in [4.78, 5) is 14.7. The molecule has 0 N–H and O–H groups in total. The number of hydrogen-bond acceptors (Lipinski definition) is 6. The first kappa shape index (κ1) is 17.2. The maximum absolute atomic E-state index is 12.6. The first-order valence-electron chi connectivity index (χ1n) is 8.49. The van der Waals surface area contributed by atoms with Gasteiger partial charge in [-0.05, 0) is 24.1 Å². The molecule has 4 rings (SSSR count). The van der Waals surface area contributed by atoms with Crippen LogP contribution in [0.25, 0.3) is 0 Å². The highest BCUT2D eigenvalue weighted by atomic mass is 32.2. The van der Waals surface area contributed by atoms with E-state index in [1.807, 2.05) is 9.58 Å². The first-order chi connectivity index (χ1) is 12.4. The van der Waals surface area contributed by atoms with Gasteiger partial charge in [-0.3, -0.25) is 4.79 Å². The fourth-order valence-electron chi connectivity index (χ4n) is 3.56. The minimum absolute atomic E-state index is 0.0172. The Bertz CT molecular complexity index is 922. The Morgan fingerprint density at radius 1 is 1.31 bits per heavy atom. The number of hydrogen-bond donors (Lipinski definition) is 0. The van der Waals surface area contributed by atoms with Crippen molar-refractivity contribution in [2.45, 2.75) is 36.5 Å². The average molecular weight is 376 g/mol. The van der Waals surface area contributed by atoms with E-state index in [-0.39, 0.29) is 29.4 Å². The standard InChI is InChI=1S/C17H20N4O4S/c1-26(23,24)14-4-2-12(3-5-14)8-17(22)20-7-6-15-16(10-20)25-11-13-9-18-19-21(13)15/h2-5,9,15-16H,6-8,10-11H2,1H3. The van der Waals surface area contributed by atoms with Crippen molar-refractivity contribution >= 4 is 15.7 Å². The highest BCUT2D eigenvalue weighted by Gasteiger charge is 2.37. The Kier molecular flexibility index (Phi) is 4.28. The van der Waals surface area contributed by atoms with E-state index in [1.54, 1.807) is 30.5 Å². The van der Waals surface area contributed by atoms with Crippen molar-refractivity contribution < 1.29 is 17.9 Å². The maximum Gasteiger partial charge on any atom is 0.227 e. The molecule has 0 aliphatic carbocycles. The van der Waals surface area contributed by atoms with Crippen LogP contribution in [0.15, 0.2) is 35.4 Å². The van der Waals surface area contributed by atoms with E-state index in [0.717, 1.165) is 17.7 Å². The van der Waals surface area contributed by atoms with E-state index in [4.69, 9.17) is 4.74 Å². The van der Waals surface area contributed by atoms with Crippen LogP contribution >= 0.6 is 0 Å². The molecule has 1 amide bonds. The smallest absolute Gasteiger partial charge is 0.227 e. The molecular formula is C17H20N4O4S. The molecule has 0 radical (unpaired) electrons. The zero-order chi connectivity index (χ0) is 18.3. The van der Waals surface area contributed by atoms with Gasteiger partial charge in [0.2, 0.25) is 5.91 Å². The second-order valence-electron chi connectivity index (χ2n) is 6.81. The van der Waals surface area contributed by atoms with Gasteiger partial charge in [-0.25, -0.2) is 13.1 Å². The second-order valence-corrected chi connectivity index (χ2v) is 8.82. The number of carbonyl (C=O) groups is 1. The summed E-state index contributed by atoms with van der Waals surface area (Å²) >= 11 is 0. The minimum Gasteiger partial charge on any atom is -0.368 e. The summed E-state index contributed by atoms with van der Waals surface area (Å²) in [6, 6.07) is 6.60. The van der Waals surface area contributed by atoms with Crippen LogP contribution < -0.4 is 0 Å².